The molecule has 16 heavy (non-hydrogen) atoms. The van der Waals surface area contributed by atoms with Crippen LogP contribution in [0.3, 0.4) is 0 Å². The molecule has 5 nitrogen and oxygen atoms in total. The van der Waals surface area contributed by atoms with Gasteiger partial charge in [-0.1, -0.05) is 16.8 Å². The molecule has 0 unspecified atom stereocenters. The molecule has 1 aromatic rings. The van der Waals surface area contributed by atoms with Crippen molar-refractivity contribution < 1.29 is 19.2 Å². The molecular formula is C11H13NO4. The van der Waals surface area contributed by atoms with E-state index in [1.54, 1.807) is 6.92 Å². The first-order valence-corrected chi connectivity index (χ1v) is 5.06. The second-order valence-corrected chi connectivity index (χ2v) is 3.91. The highest BCUT2D eigenvalue weighted by Gasteiger charge is 2.26. The number of hydrogen-bond donors (Lipinski definition) is 1. The Morgan fingerprint density at radius 2 is 2.31 bits per heavy atom. The lowest BCUT2D eigenvalue weighted by Crippen LogP contribution is -2.11. The molecular weight excluding hydrogens is 210 g/mol. The zero-order valence-corrected chi connectivity index (χ0v) is 9.19. The van der Waals surface area contributed by atoms with Crippen LogP contribution in [0.2, 0.25) is 0 Å². The SMILES string of the molecule is CC1=CC[C@H](c2onc(C(=O)O)c2C)OC1. The molecule has 0 saturated heterocycles. The van der Waals surface area contributed by atoms with Crippen molar-refractivity contribution in [1.82, 2.24) is 5.16 Å². The average Bonchev–Trinajstić information content (AvgIpc) is 2.61. The van der Waals surface area contributed by atoms with Crippen molar-refractivity contribution in [2.75, 3.05) is 6.61 Å². The minimum Gasteiger partial charge on any atom is -0.476 e. The van der Waals surface area contributed by atoms with E-state index in [2.05, 4.69) is 11.2 Å². The Bertz CT molecular complexity index is 447. The summed E-state index contributed by atoms with van der Waals surface area (Å²) in [5.41, 5.74) is 1.68. The minimum atomic E-state index is -1.07. The quantitative estimate of drug-likeness (QED) is 0.777. The van der Waals surface area contributed by atoms with Crippen LogP contribution in [0.5, 0.6) is 0 Å². The molecule has 5 heteroatoms. The largest absolute Gasteiger partial charge is 0.476 e. The number of carboxylic acid groups (broad SMARTS) is 1. The van der Waals surface area contributed by atoms with Crippen LogP contribution in [0.25, 0.3) is 0 Å². The van der Waals surface area contributed by atoms with Crippen molar-refractivity contribution in [3.63, 3.8) is 0 Å². The topological polar surface area (TPSA) is 72.6 Å². The van der Waals surface area contributed by atoms with E-state index in [9.17, 15) is 4.79 Å². The summed E-state index contributed by atoms with van der Waals surface area (Å²) in [6, 6.07) is 0. The van der Waals surface area contributed by atoms with Gasteiger partial charge in [0.25, 0.3) is 0 Å². The first kappa shape index (κ1) is 10.9. The van der Waals surface area contributed by atoms with E-state index in [1.807, 2.05) is 6.92 Å². The van der Waals surface area contributed by atoms with Crippen LogP contribution in [-0.2, 0) is 4.74 Å². The summed E-state index contributed by atoms with van der Waals surface area (Å²) in [5.74, 6) is -0.559. The summed E-state index contributed by atoms with van der Waals surface area (Å²) in [7, 11) is 0. The van der Waals surface area contributed by atoms with Gasteiger partial charge in [-0.2, -0.15) is 0 Å². The molecule has 0 spiro atoms. The van der Waals surface area contributed by atoms with Gasteiger partial charge in [0.2, 0.25) is 0 Å². The number of carbonyl (C=O) groups is 1. The summed E-state index contributed by atoms with van der Waals surface area (Å²) >= 11 is 0. The van der Waals surface area contributed by atoms with Gasteiger partial charge in [0.1, 0.15) is 6.10 Å². The lowest BCUT2D eigenvalue weighted by molar-refractivity contribution is 0.0408. The second kappa shape index (κ2) is 4.09. The Balaban J connectivity index is 2.25. The standard InChI is InChI=1S/C11H13NO4/c1-6-3-4-8(15-5-6)10-7(2)9(11(13)14)12-16-10/h3,8H,4-5H2,1-2H3,(H,13,14)/t8-/m1/s1. The summed E-state index contributed by atoms with van der Waals surface area (Å²) in [6.45, 7) is 4.23. The van der Waals surface area contributed by atoms with Crippen LogP contribution >= 0.6 is 0 Å². The molecule has 2 rings (SSSR count). The van der Waals surface area contributed by atoms with E-state index in [-0.39, 0.29) is 11.8 Å². The van der Waals surface area contributed by atoms with Crippen molar-refractivity contribution in [2.45, 2.75) is 26.4 Å². The number of aromatic nitrogens is 1. The van der Waals surface area contributed by atoms with Gasteiger partial charge in [-0.3, -0.25) is 0 Å². The molecule has 0 radical (unpaired) electrons. The van der Waals surface area contributed by atoms with E-state index in [1.165, 1.54) is 5.57 Å². The molecule has 0 fully saturated rings. The Morgan fingerprint density at radius 3 is 2.81 bits per heavy atom. The second-order valence-electron chi connectivity index (χ2n) is 3.91. The summed E-state index contributed by atoms with van der Waals surface area (Å²) < 4.78 is 10.6. The van der Waals surface area contributed by atoms with Crippen LogP contribution < -0.4 is 0 Å². The number of hydrogen-bond acceptors (Lipinski definition) is 4. The van der Waals surface area contributed by atoms with Gasteiger partial charge in [-0.15, -0.1) is 0 Å². The van der Waals surface area contributed by atoms with Gasteiger partial charge in [-0.05, 0) is 20.3 Å². The van der Waals surface area contributed by atoms with E-state index in [4.69, 9.17) is 14.4 Å². The van der Waals surface area contributed by atoms with Crippen LogP contribution in [0.4, 0.5) is 0 Å². The Morgan fingerprint density at radius 1 is 1.56 bits per heavy atom. The molecule has 0 saturated carbocycles. The smallest absolute Gasteiger partial charge is 0.358 e. The van der Waals surface area contributed by atoms with Crippen LogP contribution in [-0.4, -0.2) is 22.8 Å². The van der Waals surface area contributed by atoms with Crippen molar-refractivity contribution in [2.24, 2.45) is 0 Å². The maximum atomic E-state index is 10.8. The third kappa shape index (κ3) is 1.86. The summed E-state index contributed by atoms with van der Waals surface area (Å²) in [4.78, 5) is 10.8. The fraction of sp³-hybridized carbons (Fsp3) is 0.455. The summed E-state index contributed by atoms with van der Waals surface area (Å²) in [6.07, 6.45) is 2.54. The predicted octanol–water partition coefficient (Wildman–Crippen LogP) is 2.09. The molecule has 1 aliphatic rings. The number of aromatic carboxylic acids is 1. The van der Waals surface area contributed by atoms with E-state index >= 15 is 0 Å². The van der Waals surface area contributed by atoms with Gasteiger partial charge in [-0.25, -0.2) is 4.79 Å². The van der Waals surface area contributed by atoms with E-state index < -0.39 is 5.97 Å². The molecule has 1 aliphatic heterocycles. The average molecular weight is 223 g/mol. The van der Waals surface area contributed by atoms with Crippen LogP contribution in [0.1, 0.15) is 41.3 Å². The van der Waals surface area contributed by atoms with Crippen molar-refractivity contribution in [3.05, 3.63) is 28.7 Å². The van der Waals surface area contributed by atoms with Crippen molar-refractivity contribution in [1.29, 1.82) is 0 Å². The third-order valence-electron chi connectivity index (χ3n) is 2.65. The van der Waals surface area contributed by atoms with Gasteiger partial charge in [0.15, 0.2) is 11.5 Å². The maximum absolute atomic E-state index is 10.8. The van der Waals surface area contributed by atoms with Gasteiger partial charge >= 0.3 is 5.97 Å². The summed E-state index contributed by atoms with van der Waals surface area (Å²) in [5, 5.41) is 12.4. The Kier molecular flexibility index (Phi) is 2.78. The Hall–Kier alpha value is -1.62. The van der Waals surface area contributed by atoms with Gasteiger partial charge in [0, 0.05) is 5.56 Å². The van der Waals surface area contributed by atoms with E-state index in [0.29, 0.717) is 24.4 Å². The fourth-order valence-corrected chi connectivity index (χ4v) is 1.70. The Labute approximate surface area is 92.7 Å². The fourth-order valence-electron chi connectivity index (χ4n) is 1.70. The normalized spacial score (nSPS) is 20.6. The van der Waals surface area contributed by atoms with Crippen LogP contribution in [0.15, 0.2) is 16.2 Å². The van der Waals surface area contributed by atoms with E-state index in [0.717, 1.165) is 0 Å². The van der Waals surface area contributed by atoms with Gasteiger partial charge in [0.05, 0.1) is 6.61 Å². The van der Waals surface area contributed by atoms with Crippen molar-refractivity contribution >= 4 is 5.97 Å². The number of carboxylic acids is 1. The highest BCUT2D eigenvalue weighted by atomic mass is 16.5. The minimum absolute atomic E-state index is 0.0372. The molecule has 1 N–H and O–H groups in total. The van der Waals surface area contributed by atoms with Crippen molar-refractivity contribution in [3.8, 4) is 0 Å². The highest BCUT2D eigenvalue weighted by molar-refractivity contribution is 5.87. The van der Waals surface area contributed by atoms with Gasteiger partial charge < -0.3 is 14.4 Å². The highest BCUT2D eigenvalue weighted by Crippen LogP contribution is 2.30. The van der Waals surface area contributed by atoms with Crippen LogP contribution in [0, 0.1) is 6.92 Å². The molecule has 0 aromatic carbocycles. The molecule has 1 atom stereocenters. The molecule has 2 heterocycles. The third-order valence-corrected chi connectivity index (χ3v) is 2.65. The molecule has 1 aromatic heterocycles. The molecule has 0 aliphatic carbocycles. The first-order chi connectivity index (χ1) is 7.59. The lowest BCUT2D eigenvalue weighted by atomic mass is 10.0. The zero-order valence-electron chi connectivity index (χ0n) is 9.19. The monoisotopic (exact) mass is 223 g/mol. The first-order valence-electron chi connectivity index (χ1n) is 5.06. The number of rotatable bonds is 2. The molecule has 86 valence electrons. The lowest BCUT2D eigenvalue weighted by Gasteiger charge is -2.19. The number of nitrogens with zero attached hydrogens (tertiary/aromatic N) is 1. The molecule has 0 amide bonds. The predicted molar refractivity (Wildman–Crippen MR) is 55.3 cm³/mol. The number of ether oxygens (including phenoxy) is 1. The maximum Gasteiger partial charge on any atom is 0.358 e. The zero-order chi connectivity index (χ0) is 11.7. The molecule has 0 bridgehead atoms.